The van der Waals surface area contributed by atoms with Crippen LogP contribution in [0.15, 0.2) is 89.8 Å². The van der Waals surface area contributed by atoms with Crippen molar-refractivity contribution in [2.75, 3.05) is 7.05 Å². The fourth-order valence-electron chi connectivity index (χ4n) is 2.99. The first-order chi connectivity index (χ1) is 14.2. The summed E-state index contributed by atoms with van der Waals surface area (Å²) in [6, 6.07) is 10.7. The number of allylic oxidation sites excluding steroid dienone is 8. The SMILES string of the molecule is C=C(/C=C\C(C#N)=C/C)N(C)C1=C/C=C/c2ccccc2C(C)(C)\C(C)=C\1.CCC. The summed E-state index contributed by atoms with van der Waals surface area (Å²) in [6.07, 6.45) is 15.3. The van der Waals surface area contributed by atoms with Gasteiger partial charge in [0.1, 0.15) is 0 Å². The molecule has 0 atom stereocenters. The second-order valence-electron chi connectivity index (χ2n) is 7.94. The molecule has 1 aromatic rings. The molecule has 0 saturated carbocycles. The average Bonchev–Trinajstić information content (AvgIpc) is 2.77. The van der Waals surface area contributed by atoms with E-state index in [1.165, 1.54) is 23.1 Å². The molecule has 2 rings (SSSR count). The number of hydrogen-bond acceptors (Lipinski definition) is 2. The summed E-state index contributed by atoms with van der Waals surface area (Å²) in [5, 5.41) is 9.06. The Balaban J connectivity index is 0.00000141. The Labute approximate surface area is 183 Å². The molecule has 2 nitrogen and oxygen atoms in total. The second kappa shape index (κ2) is 11.8. The average molecular weight is 401 g/mol. The van der Waals surface area contributed by atoms with E-state index in [4.69, 9.17) is 5.26 Å². The van der Waals surface area contributed by atoms with Gasteiger partial charge in [-0.2, -0.15) is 5.26 Å². The maximum atomic E-state index is 9.06. The zero-order valence-electron chi connectivity index (χ0n) is 19.7. The van der Waals surface area contributed by atoms with Crippen molar-refractivity contribution in [1.82, 2.24) is 4.90 Å². The van der Waals surface area contributed by atoms with Crippen LogP contribution in [0.4, 0.5) is 0 Å². The molecule has 0 amide bonds. The molecule has 0 radical (unpaired) electrons. The predicted octanol–water partition coefficient (Wildman–Crippen LogP) is 7.71. The summed E-state index contributed by atoms with van der Waals surface area (Å²) < 4.78 is 0. The van der Waals surface area contributed by atoms with Crippen molar-refractivity contribution in [2.24, 2.45) is 0 Å². The van der Waals surface area contributed by atoms with Gasteiger partial charge in [0.15, 0.2) is 0 Å². The summed E-state index contributed by atoms with van der Waals surface area (Å²) >= 11 is 0. The summed E-state index contributed by atoms with van der Waals surface area (Å²) in [5.41, 5.74) is 6.25. The molecule has 1 aliphatic carbocycles. The van der Waals surface area contributed by atoms with E-state index < -0.39 is 0 Å². The number of likely N-dealkylation sites (N-methyl/N-ethyl adjacent to an activating group) is 1. The van der Waals surface area contributed by atoms with Crippen LogP contribution >= 0.6 is 0 Å². The third-order valence-corrected chi connectivity index (χ3v) is 5.24. The van der Waals surface area contributed by atoms with E-state index in [1.807, 2.05) is 24.9 Å². The van der Waals surface area contributed by atoms with E-state index in [9.17, 15) is 0 Å². The minimum Gasteiger partial charge on any atom is -0.345 e. The van der Waals surface area contributed by atoms with Gasteiger partial charge in [-0.1, -0.05) is 88.8 Å². The Kier molecular flexibility index (Phi) is 9.85. The zero-order chi connectivity index (χ0) is 22.7. The predicted molar refractivity (Wildman–Crippen MR) is 132 cm³/mol. The largest absolute Gasteiger partial charge is 0.345 e. The Hall–Kier alpha value is -3.05. The lowest BCUT2D eigenvalue weighted by molar-refractivity contribution is 0.549. The third kappa shape index (κ3) is 6.49. The van der Waals surface area contributed by atoms with Gasteiger partial charge < -0.3 is 4.90 Å². The van der Waals surface area contributed by atoms with Gasteiger partial charge in [-0.25, -0.2) is 0 Å². The molecule has 1 aliphatic rings. The van der Waals surface area contributed by atoms with Gasteiger partial charge in [-0.3, -0.25) is 0 Å². The van der Waals surface area contributed by atoms with E-state index in [-0.39, 0.29) is 5.41 Å². The molecular formula is C28H36N2. The van der Waals surface area contributed by atoms with Crippen LogP contribution in [-0.4, -0.2) is 11.9 Å². The van der Waals surface area contributed by atoms with E-state index in [2.05, 4.69) is 95.8 Å². The summed E-state index contributed by atoms with van der Waals surface area (Å²) in [4.78, 5) is 2.04. The molecule has 0 bridgehead atoms. The van der Waals surface area contributed by atoms with Crippen LogP contribution in [0.1, 0.15) is 59.1 Å². The normalized spacial score (nSPS) is 19.9. The van der Waals surface area contributed by atoms with Gasteiger partial charge in [0.2, 0.25) is 0 Å². The fourth-order valence-corrected chi connectivity index (χ4v) is 2.99. The van der Waals surface area contributed by atoms with Gasteiger partial charge in [0.25, 0.3) is 0 Å². The van der Waals surface area contributed by atoms with Crippen molar-refractivity contribution in [3.05, 3.63) is 101 Å². The van der Waals surface area contributed by atoms with E-state index >= 15 is 0 Å². The number of rotatable bonds is 4. The van der Waals surface area contributed by atoms with Crippen molar-refractivity contribution < 1.29 is 0 Å². The second-order valence-corrected chi connectivity index (χ2v) is 7.94. The third-order valence-electron chi connectivity index (χ3n) is 5.24. The molecule has 0 heterocycles. The zero-order valence-corrected chi connectivity index (χ0v) is 19.7. The monoisotopic (exact) mass is 400 g/mol. The summed E-state index contributed by atoms with van der Waals surface area (Å²) in [6.45, 7) is 17.0. The van der Waals surface area contributed by atoms with Crippen molar-refractivity contribution in [1.29, 1.82) is 5.26 Å². The highest BCUT2D eigenvalue weighted by Gasteiger charge is 2.25. The van der Waals surface area contributed by atoms with E-state index in [0.717, 1.165) is 11.4 Å². The molecule has 0 unspecified atom stereocenters. The first-order valence-corrected chi connectivity index (χ1v) is 10.6. The Bertz CT molecular complexity index is 928. The highest BCUT2D eigenvalue weighted by molar-refractivity contribution is 5.60. The minimum absolute atomic E-state index is 0.0820. The van der Waals surface area contributed by atoms with Gasteiger partial charge in [0, 0.05) is 29.4 Å². The first kappa shape index (κ1) is 25.0. The Morgan fingerprint density at radius 3 is 2.43 bits per heavy atom. The van der Waals surface area contributed by atoms with Gasteiger partial charge in [-0.15, -0.1) is 0 Å². The number of hydrogen-bond donors (Lipinski definition) is 0. The van der Waals surface area contributed by atoms with Crippen LogP contribution in [0.5, 0.6) is 0 Å². The van der Waals surface area contributed by atoms with Crippen molar-refractivity contribution >= 4 is 6.08 Å². The van der Waals surface area contributed by atoms with Crippen LogP contribution in [0.25, 0.3) is 6.08 Å². The van der Waals surface area contributed by atoms with Crippen LogP contribution in [-0.2, 0) is 5.41 Å². The van der Waals surface area contributed by atoms with Crippen LogP contribution in [0, 0.1) is 11.3 Å². The molecule has 1 aromatic carbocycles. The molecule has 0 N–H and O–H groups in total. The van der Waals surface area contributed by atoms with E-state index in [0.29, 0.717) is 5.57 Å². The molecule has 0 aliphatic heterocycles. The summed E-state index contributed by atoms with van der Waals surface area (Å²) in [7, 11) is 2.00. The lowest BCUT2D eigenvalue weighted by Gasteiger charge is -2.29. The van der Waals surface area contributed by atoms with Crippen LogP contribution in [0.2, 0.25) is 0 Å². The Morgan fingerprint density at radius 2 is 1.83 bits per heavy atom. The quantitative estimate of drug-likeness (QED) is 0.382. The minimum atomic E-state index is -0.0820. The van der Waals surface area contributed by atoms with Gasteiger partial charge >= 0.3 is 0 Å². The molecule has 30 heavy (non-hydrogen) atoms. The molecular weight excluding hydrogens is 364 g/mol. The van der Waals surface area contributed by atoms with E-state index in [1.54, 1.807) is 12.2 Å². The molecule has 0 spiro atoms. The number of nitrogens with zero attached hydrogens (tertiary/aromatic N) is 2. The molecule has 0 fully saturated rings. The van der Waals surface area contributed by atoms with Crippen molar-refractivity contribution in [3.63, 3.8) is 0 Å². The van der Waals surface area contributed by atoms with Gasteiger partial charge in [-0.05, 0) is 49.3 Å². The molecule has 2 heteroatoms. The summed E-state index contributed by atoms with van der Waals surface area (Å²) in [5.74, 6) is 0. The topological polar surface area (TPSA) is 27.0 Å². The standard InChI is InChI=1S/C25H28N2.C3H8/c1-7-21(18-26)16-15-20(3)27(6)23-13-10-12-22-11-8-9-14-24(22)25(4,5)19(2)17-23;1-3-2/h7-17H,3H2,1-2,4-6H3;3H2,1-2H3/b12-10+,16-15-,19-17+,21-7+,23-13+;. The lowest BCUT2D eigenvalue weighted by atomic mass is 9.76. The molecule has 0 saturated heterocycles. The smallest absolute Gasteiger partial charge is 0.0988 e. The molecule has 0 aromatic heterocycles. The molecule has 158 valence electrons. The van der Waals surface area contributed by atoms with Crippen molar-refractivity contribution in [3.8, 4) is 6.07 Å². The number of fused-ring (bicyclic) bond motifs is 1. The maximum Gasteiger partial charge on any atom is 0.0988 e. The van der Waals surface area contributed by atoms with Crippen LogP contribution < -0.4 is 0 Å². The van der Waals surface area contributed by atoms with Crippen molar-refractivity contribution in [2.45, 2.75) is 53.4 Å². The maximum absolute atomic E-state index is 9.06. The Morgan fingerprint density at radius 1 is 1.20 bits per heavy atom. The number of benzene rings is 1. The first-order valence-electron chi connectivity index (χ1n) is 10.6. The lowest BCUT2D eigenvalue weighted by Crippen LogP contribution is -2.21. The highest BCUT2D eigenvalue weighted by atomic mass is 15.1. The van der Waals surface area contributed by atoms with Gasteiger partial charge in [0.05, 0.1) is 6.07 Å². The fraction of sp³-hybridized carbons (Fsp3) is 0.321. The van der Waals surface area contributed by atoms with Crippen LogP contribution in [0.3, 0.4) is 0 Å². The number of nitriles is 1. The highest BCUT2D eigenvalue weighted by Crippen LogP contribution is 2.35.